The van der Waals surface area contributed by atoms with Crippen LogP contribution in [0.4, 0.5) is 5.69 Å². The Labute approximate surface area is 119 Å². The molecule has 0 saturated heterocycles. The Hall–Kier alpha value is -2.28. The lowest BCUT2D eigenvalue weighted by Crippen LogP contribution is -2.11. The molecule has 0 spiro atoms. The number of fused-ring (bicyclic) bond motifs is 1. The first-order chi connectivity index (χ1) is 9.69. The molecule has 0 unspecified atom stereocenters. The fraction of sp³-hybridized carbons (Fsp3) is 0.375. The zero-order valence-corrected chi connectivity index (χ0v) is 12.2. The van der Waals surface area contributed by atoms with Crippen LogP contribution >= 0.6 is 0 Å². The largest absolute Gasteiger partial charge is 0.491 e. The molecule has 0 N–H and O–H groups in total. The van der Waals surface area contributed by atoms with Gasteiger partial charge in [-0.2, -0.15) is 5.26 Å². The summed E-state index contributed by atoms with van der Waals surface area (Å²) in [7, 11) is 3.86. The van der Waals surface area contributed by atoms with E-state index in [-0.39, 0.29) is 0 Å². The number of unbranched alkanes of at least 4 members (excludes halogenated alkanes) is 1. The predicted octanol–water partition coefficient (Wildman–Crippen LogP) is 3.35. The Morgan fingerprint density at radius 2 is 2.15 bits per heavy atom. The fourth-order valence-corrected chi connectivity index (χ4v) is 2.19. The van der Waals surface area contributed by atoms with Crippen LogP contribution in [0.15, 0.2) is 24.4 Å². The lowest BCUT2D eigenvalue weighted by Gasteiger charge is -2.18. The number of para-hydroxylation sites is 1. The fourth-order valence-electron chi connectivity index (χ4n) is 2.19. The number of anilines is 1. The molecule has 2 rings (SSSR count). The maximum absolute atomic E-state index is 9.22. The maximum Gasteiger partial charge on any atom is 0.145 e. The van der Waals surface area contributed by atoms with Gasteiger partial charge >= 0.3 is 0 Å². The van der Waals surface area contributed by atoms with Gasteiger partial charge in [-0.1, -0.05) is 25.5 Å². The van der Waals surface area contributed by atoms with Crippen LogP contribution in [0.1, 0.15) is 25.3 Å². The van der Waals surface area contributed by atoms with Crippen molar-refractivity contribution in [3.8, 4) is 11.8 Å². The van der Waals surface area contributed by atoms with E-state index in [1.54, 1.807) is 6.20 Å². The Bertz CT molecular complexity index is 644. The van der Waals surface area contributed by atoms with Gasteiger partial charge in [-0.05, 0) is 12.5 Å². The van der Waals surface area contributed by atoms with Crippen LogP contribution in [0.5, 0.6) is 5.75 Å². The Balaban J connectivity index is 2.54. The highest BCUT2D eigenvalue weighted by Gasteiger charge is 2.13. The van der Waals surface area contributed by atoms with Gasteiger partial charge in [0.1, 0.15) is 17.3 Å². The number of hydrogen-bond donors (Lipinski definition) is 0. The Morgan fingerprint density at radius 1 is 1.35 bits per heavy atom. The summed E-state index contributed by atoms with van der Waals surface area (Å²) in [5.74, 6) is 0.781. The second-order valence-corrected chi connectivity index (χ2v) is 4.88. The summed E-state index contributed by atoms with van der Waals surface area (Å²) in [6, 6.07) is 8.04. The third kappa shape index (κ3) is 2.67. The molecule has 1 aromatic heterocycles. The minimum absolute atomic E-state index is 0.577. The van der Waals surface area contributed by atoms with Gasteiger partial charge in [-0.15, -0.1) is 0 Å². The summed E-state index contributed by atoms with van der Waals surface area (Å²) in [6.45, 7) is 2.82. The Kier molecular flexibility index (Phi) is 4.41. The molecule has 0 radical (unpaired) electrons. The standard InChI is InChI=1S/C16H19N3O/c1-4-5-9-20-14-8-6-7-13-15(14)18-11-12(10-17)16(13)19(2)3/h6-8,11H,4-5,9H2,1-3H3. The SMILES string of the molecule is CCCCOc1cccc2c(N(C)C)c(C#N)cnc12. The summed E-state index contributed by atoms with van der Waals surface area (Å²) in [5.41, 5.74) is 2.28. The van der Waals surface area contributed by atoms with Crippen molar-refractivity contribution >= 4 is 16.6 Å². The van der Waals surface area contributed by atoms with Crippen molar-refractivity contribution in [2.24, 2.45) is 0 Å². The number of ether oxygens (including phenoxy) is 1. The van der Waals surface area contributed by atoms with Crippen LogP contribution in [0.25, 0.3) is 10.9 Å². The van der Waals surface area contributed by atoms with Crippen LogP contribution in [-0.2, 0) is 0 Å². The Morgan fingerprint density at radius 3 is 2.80 bits per heavy atom. The third-order valence-electron chi connectivity index (χ3n) is 3.16. The van der Waals surface area contributed by atoms with Gasteiger partial charge in [0, 0.05) is 25.7 Å². The first-order valence-electron chi connectivity index (χ1n) is 6.81. The normalized spacial score (nSPS) is 10.3. The second kappa shape index (κ2) is 6.25. The smallest absolute Gasteiger partial charge is 0.145 e. The zero-order chi connectivity index (χ0) is 14.5. The minimum atomic E-state index is 0.577. The molecule has 0 aliphatic rings. The van der Waals surface area contributed by atoms with E-state index in [1.807, 2.05) is 37.2 Å². The first kappa shape index (κ1) is 14.1. The van der Waals surface area contributed by atoms with Gasteiger partial charge < -0.3 is 9.64 Å². The summed E-state index contributed by atoms with van der Waals surface area (Å²) in [4.78, 5) is 6.34. The summed E-state index contributed by atoms with van der Waals surface area (Å²) in [5, 5.41) is 10.2. The second-order valence-electron chi connectivity index (χ2n) is 4.88. The number of aromatic nitrogens is 1. The zero-order valence-electron chi connectivity index (χ0n) is 12.2. The molecule has 0 bridgehead atoms. The lowest BCUT2D eigenvalue weighted by atomic mass is 10.1. The van der Waals surface area contributed by atoms with E-state index in [2.05, 4.69) is 18.0 Å². The molecule has 0 fully saturated rings. The average molecular weight is 269 g/mol. The predicted molar refractivity (Wildman–Crippen MR) is 81.2 cm³/mol. The van der Waals surface area contributed by atoms with E-state index in [0.29, 0.717) is 12.2 Å². The molecule has 20 heavy (non-hydrogen) atoms. The number of rotatable bonds is 5. The summed E-state index contributed by atoms with van der Waals surface area (Å²) < 4.78 is 5.80. The quantitative estimate of drug-likeness (QED) is 0.781. The molecule has 4 heteroatoms. The number of hydrogen-bond acceptors (Lipinski definition) is 4. The maximum atomic E-state index is 9.22. The molecule has 0 aliphatic carbocycles. The van der Waals surface area contributed by atoms with E-state index >= 15 is 0 Å². The van der Waals surface area contributed by atoms with Crippen molar-refractivity contribution in [2.45, 2.75) is 19.8 Å². The molecule has 0 atom stereocenters. The van der Waals surface area contributed by atoms with Crippen molar-refractivity contribution in [1.82, 2.24) is 4.98 Å². The summed E-state index contributed by atoms with van der Waals surface area (Å²) >= 11 is 0. The van der Waals surface area contributed by atoms with E-state index in [1.165, 1.54) is 0 Å². The van der Waals surface area contributed by atoms with Gasteiger partial charge in [0.2, 0.25) is 0 Å². The monoisotopic (exact) mass is 269 g/mol. The van der Waals surface area contributed by atoms with Gasteiger partial charge in [-0.25, -0.2) is 0 Å². The highest BCUT2D eigenvalue weighted by molar-refractivity contribution is 5.97. The van der Waals surface area contributed by atoms with Crippen molar-refractivity contribution in [3.63, 3.8) is 0 Å². The number of nitrogens with zero attached hydrogens (tertiary/aromatic N) is 3. The lowest BCUT2D eigenvalue weighted by molar-refractivity contribution is 0.312. The van der Waals surface area contributed by atoms with Crippen LogP contribution in [0.2, 0.25) is 0 Å². The van der Waals surface area contributed by atoms with Crippen LogP contribution in [0.3, 0.4) is 0 Å². The number of benzene rings is 1. The highest BCUT2D eigenvalue weighted by Crippen LogP contribution is 2.32. The topological polar surface area (TPSA) is 49.1 Å². The third-order valence-corrected chi connectivity index (χ3v) is 3.16. The van der Waals surface area contributed by atoms with Gasteiger partial charge in [-0.3, -0.25) is 4.98 Å². The van der Waals surface area contributed by atoms with Gasteiger partial charge in [0.05, 0.1) is 17.9 Å². The van der Waals surface area contributed by atoms with E-state index in [0.717, 1.165) is 35.2 Å². The van der Waals surface area contributed by atoms with Gasteiger partial charge in [0.25, 0.3) is 0 Å². The first-order valence-corrected chi connectivity index (χ1v) is 6.81. The number of nitriles is 1. The molecular weight excluding hydrogens is 250 g/mol. The van der Waals surface area contributed by atoms with Crippen molar-refractivity contribution in [1.29, 1.82) is 5.26 Å². The molecule has 0 aliphatic heterocycles. The van der Waals surface area contributed by atoms with Crippen molar-refractivity contribution in [2.75, 3.05) is 25.6 Å². The van der Waals surface area contributed by atoms with Crippen molar-refractivity contribution in [3.05, 3.63) is 30.0 Å². The molecule has 1 heterocycles. The van der Waals surface area contributed by atoms with E-state index in [9.17, 15) is 5.26 Å². The minimum Gasteiger partial charge on any atom is -0.491 e. The van der Waals surface area contributed by atoms with E-state index in [4.69, 9.17) is 4.74 Å². The molecule has 4 nitrogen and oxygen atoms in total. The number of pyridine rings is 1. The molecular formula is C16H19N3O. The summed E-state index contributed by atoms with van der Waals surface area (Å²) in [6.07, 6.45) is 3.73. The van der Waals surface area contributed by atoms with Gasteiger partial charge in [0.15, 0.2) is 0 Å². The van der Waals surface area contributed by atoms with Crippen LogP contribution in [0, 0.1) is 11.3 Å². The highest BCUT2D eigenvalue weighted by atomic mass is 16.5. The average Bonchev–Trinajstić information content (AvgIpc) is 2.46. The van der Waals surface area contributed by atoms with E-state index < -0.39 is 0 Å². The molecule has 104 valence electrons. The van der Waals surface area contributed by atoms with Crippen LogP contribution in [-0.4, -0.2) is 25.7 Å². The van der Waals surface area contributed by atoms with Crippen molar-refractivity contribution < 1.29 is 4.74 Å². The van der Waals surface area contributed by atoms with Crippen LogP contribution < -0.4 is 9.64 Å². The molecule has 0 amide bonds. The molecule has 2 aromatic rings. The molecule has 1 aromatic carbocycles. The molecule has 0 saturated carbocycles.